The molecule has 0 spiro atoms. The van der Waals surface area contributed by atoms with E-state index < -0.39 is 0 Å². The van der Waals surface area contributed by atoms with Crippen molar-refractivity contribution in [3.63, 3.8) is 0 Å². The molecule has 8 heteroatoms. The number of hydrogen-bond acceptors (Lipinski definition) is 5. The molecule has 0 unspecified atom stereocenters. The van der Waals surface area contributed by atoms with E-state index in [9.17, 15) is 10.1 Å². The number of nitrogens with one attached hydrogen (secondary N) is 1. The molecule has 0 aliphatic carbocycles. The summed E-state index contributed by atoms with van der Waals surface area (Å²) in [5.74, 6) is 2.31. The molecule has 0 saturated carbocycles. The summed E-state index contributed by atoms with van der Waals surface area (Å²) in [7, 11) is 1.60. The minimum absolute atomic E-state index is 0.326. The van der Waals surface area contributed by atoms with Gasteiger partial charge in [-0.15, -0.1) is 0 Å². The van der Waals surface area contributed by atoms with Gasteiger partial charge >= 0.3 is 0 Å². The van der Waals surface area contributed by atoms with Crippen LogP contribution in [0.4, 0.5) is 0 Å². The third-order valence-corrected chi connectivity index (χ3v) is 5.36. The standard InChI is InChI=1S/C24H23N4O4/c1-14(2)13-32-22-9-8-15(10-23(22)31-3)24-25-16-11-20-21(12-17(16)26-24)28(30)19-7-5-4-6-18(19)27(20)29/h4-12,14,29H,13H2,1-3H3,(H,25,26)/q+1. The fraction of sp³-hybridized carbons (Fsp3) is 0.208. The molecule has 0 aliphatic heterocycles. The molecule has 5 rings (SSSR count). The van der Waals surface area contributed by atoms with Crippen molar-refractivity contribution >= 4 is 33.1 Å². The van der Waals surface area contributed by atoms with Crippen LogP contribution in [0, 0.1) is 10.8 Å². The zero-order valence-electron chi connectivity index (χ0n) is 18.0. The third kappa shape index (κ3) is 3.20. The lowest BCUT2D eigenvalue weighted by Crippen LogP contribution is -2.20. The maximum atomic E-state index is 12.9. The van der Waals surface area contributed by atoms with E-state index in [1.165, 1.54) is 0 Å². The van der Waals surface area contributed by atoms with Crippen LogP contribution in [-0.4, -0.2) is 33.6 Å². The minimum atomic E-state index is 0.326. The molecule has 8 nitrogen and oxygen atoms in total. The van der Waals surface area contributed by atoms with Gasteiger partial charge in [0.2, 0.25) is 0 Å². The minimum Gasteiger partial charge on any atom is -0.493 e. The molecule has 0 atom stereocenters. The largest absolute Gasteiger partial charge is 0.493 e. The predicted octanol–water partition coefficient (Wildman–Crippen LogP) is 4.53. The van der Waals surface area contributed by atoms with Gasteiger partial charge in [-0.1, -0.05) is 26.0 Å². The maximum absolute atomic E-state index is 12.9. The zero-order valence-corrected chi connectivity index (χ0v) is 18.0. The number of aromatic nitrogens is 4. The highest BCUT2D eigenvalue weighted by atomic mass is 16.5. The van der Waals surface area contributed by atoms with Crippen LogP contribution in [0.5, 0.6) is 11.5 Å². The highest BCUT2D eigenvalue weighted by Gasteiger charge is 2.20. The molecule has 2 aromatic heterocycles. The van der Waals surface area contributed by atoms with Crippen molar-refractivity contribution in [3.8, 4) is 22.9 Å². The van der Waals surface area contributed by atoms with Crippen molar-refractivity contribution in [1.29, 1.82) is 0 Å². The number of nitrogens with zero attached hydrogens (tertiary/aromatic N) is 3. The van der Waals surface area contributed by atoms with E-state index in [-0.39, 0.29) is 0 Å². The second kappa shape index (κ2) is 7.56. The van der Waals surface area contributed by atoms with Crippen molar-refractivity contribution in [2.75, 3.05) is 13.7 Å². The Morgan fingerprint density at radius 2 is 1.88 bits per heavy atom. The number of methoxy groups -OCH3 is 1. The van der Waals surface area contributed by atoms with E-state index in [2.05, 4.69) is 23.8 Å². The van der Waals surface area contributed by atoms with Crippen LogP contribution in [-0.2, 0) is 0 Å². The highest BCUT2D eigenvalue weighted by molar-refractivity contribution is 5.93. The molecule has 0 saturated heterocycles. The Bertz CT molecular complexity index is 1530. The van der Waals surface area contributed by atoms with Crippen LogP contribution >= 0.6 is 0 Å². The second-order valence-corrected chi connectivity index (χ2v) is 8.11. The van der Waals surface area contributed by atoms with E-state index in [0.29, 0.717) is 62.9 Å². The average Bonchev–Trinajstić information content (AvgIpc) is 3.23. The lowest BCUT2D eigenvalue weighted by Gasteiger charge is -2.13. The summed E-state index contributed by atoms with van der Waals surface area (Å²) in [5.41, 5.74) is 3.64. The summed E-state index contributed by atoms with van der Waals surface area (Å²) in [5, 5.41) is 10.7. The second-order valence-electron chi connectivity index (χ2n) is 8.11. The summed E-state index contributed by atoms with van der Waals surface area (Å²) in [6.45, 7) is 4.77. The molecule has 5 aromatic rings. The van der Waals surface area contributed by atoms with Crippen LogP contribution in [0.2, 0.25) is 0 Å². The van der Waals surface area contributed by atoms with Gasteiger partial charge in [0.15, 0.2) is 22.5 Å². The Morgan fingerprint density at radius 3 is 2.66 bits per heavy atom. The van der Waals surface area contributed by atoms with Gasteiger partial charge in [0.05, 0.1) is 29.2 Å². The number of rotatable bonds is 5. The Morgan fingerprint density at radius 1 is 1.06 bits per heavy atom. The number of fused-ring (bicyclic) bond motifs is 3. The van der Waals surface area contributed by atoms with Crippen LogP contribution < -0.4 is 13.9 Å². The molecule has 0 bridgehead atoms. The van der Waals surface area contributed by atoms with Crippen molar-refractivity contribution in [3.05, 3.63) is 59.5 Å². The van der Waals surface area contributed by atoms with E-state index in [4.69, 9.17) is 9.47 Å². The monoisotopic (exact) mass is 431 g/mol. The van der Waals surface area contributed by atoms with Gasteiger partial charge in [-0.3, -0.25) is 0 Å². The van der Waals surface area contributed by atoms with Gasteiger partial charge in [0, 0.05) is 22.6 Å². The number of hydrogen-bond donors (Lipinski definition) is 2. The highest BCUT2D eigenvalue weighted by Crippen LogP contribution is 2.33. The van der Waals surface area contributed by atoms with Gasteiger partial charge in [-0.25, -0.2) is 4.98 Å². The molecule has 2 heterocycles. The smallest absolute Gasteiger partial charge is 0.292 e. The first-order valence-electron chi connectivity index (χ1n) is 10.4. The summed E-state index contributed by atoms with van der Waals surface area (Å²) >= 11 is 0. The van der Waals surface area contributed by atoms with Crippen LogP contribution in [0.15, 0.2) is 54.6 Å². The number of para-hydroxylation sites is 2. The molecule has 0 amide bonds. The molecule has 0 fully saturated rings. The first-order valence-corrected chi connectivity index (χ1v) is 10.4. The first kappa shape index (κ1) is 19.9. The quantitative estimate of drug-likeness (QED) is 0.242. The molecule has 3 aromatic carbocycles. The zero-order chi connectivity index (χ0) is 22.4. The van der Waals surface area contributed by atoms with Crippen molar-refractivity contribution < 1.29 is 19.1 Å². The summed E-state index contributed by atoms with van der Waals surface area (Å²) in [6, 6.07) is 15.9. The molecule has 162 valence electrons. The van der Waals surface area contributed by atoms with Gasteiger partial charge in [-0.05, 0) is 36.2 Å². The van der Waals surface area contributed by atoms with Crippen LogP contribution in [0.3, 0.4) is 0 Å². The molecule has 0 aliphatic rings. The molecule has 0 radical (unpaired) electrons. The Balaban J connectivity index is 1.64. The number of ether oxygens (including phenoxy) is 2. The predicted molar refractivity (Wildman–Crippen MR) is 122 cm³/mol. The van der Waals surface area contributed by atoms with E-state index in [1.54, 1.807) is 43.5 Å². The van der Waals surface area contributed by atoms with Gasteiger partial charge in [0.1, 0.15) is 5.82 Å². The van der Waals surface area contributed by atoms with Gasteiger partial charge < -0.3 is 19.7 Å². The van der Waals surface area contributed by atoms with Crippen molar-refractivity contribution in [1.82, 2.24) is 14.7 Å². The Kier molecular flexibility index (Phi) is 4.70. The Hall–Kier alpha value is -4.07. The van der Waals surface area contributed by atoms with Crippen LogP contribution in [0.1, 0.15) is 13.8 Å². The first-order chi connectivity index (χ1) is 15.5. The van der Waals surface area contributed by atoms with Crippen molar-refractivity contribution in [2.45, 2.75) is 13.8 Å². The molecule has 2 N–H and O–H groups in total. The Labute approximate surface area is 183 Å². The fourth-order valence-electron chi connectivity index (χ4n) is 3.77. The summed E-state index contributed by atoms with van der Waals surface area (Å²) in [6.07, 6.45) is 0. The van der Waals surface area contributed by atoms with Gasteiger partial charge in [-0.2, -0.15) is 4.73 Å². The number of benzene rings is 3. The number of imidazole rings is 1. The lowest BCUT2D eigenvalue weighted by molar-refractivity contribution is -0.433. The van der Waals surface area contributed by atoms with E-state index in [1.807, 2.05) is 18.2 Å². The van der Waals surface area contributed by atoms with Gasteiger partial charge in [0.25, 0.3) is 11.0 Å². The normalized spacial score (nSPS) is 11.6. The van der Waals surface area contributed by atoms with E-state index >= 15 is 0 Å². The summed E-state index contributed by atoms with van der Waals surface area (Å²) < 4.78 is 13.2. The number of aromatic amines is 1. The molecular weight excluding hydrogens is 408 g/mol. The fourth-order valence-corrected chi connectivity index (χ4v) is 3.77. The lowest BCUT2D eigenvalue weighted by atomic mass is 10.2. The van der Waals surface area contributed by atoms with Crippen molar-refractivity contribution in [2.24, 2.45) is 5.92 Å². The average molecular weight is 431 g/mol. The van der Waals surface area contributed by atoms with E-state index in [0.717, 1.165) is 14.7 Å². The molecule has 32 heavy (non-hydrogen) atoms. The third-order valence-electron chi connectivity index (χ3n) is 5.36. The van der Waals surface area contributed by atoms with Crippen LogP contribution in [0.25, 0.3) is 44.5 Å². The molecular formula is C24H23N4O4+. The topological polar surface area (TPSA) is 95.3 Å². The maximum Gasteiger partial charge on any atom is 0.292 e. The SMILES string of the molecule is COc1cc(-c2nc3cc4c(cc3[nH]2)n(O)c2ccccc2[n+]4=O)ccc1OCC(C)C. The number of H-pyrrole nitrogens is 1. The summed E-state index contributed by atoms with van der Waals surface area (Å²) in [4.78, 5) is 20.9.